The van der Waals surface area contributed by atoms with Gasteiger partial charge in [0.05, 0.1) is 0 Å². The molecule has 0 saturated heterocycles. The molecule has 0 aliphatic carbocycles. The minimum Gasteiger partial charge on any atom is -0.412 e. The molecule has 0 aliphatic rings. The average molecular weight is 229 g/mol. The predicted octanol–water partition coefficient (Wildman–Crippen LogP) is 3.05. The molecule has 0 amide bonds. The first-order valence-corrected chi connectivity index (χ1v) is 5.52. The summed E-state index contributed by atoms with van der Waals surface area (Å²) in [4.78, 5) is 0. The van der Waals surface area contributed by atoms with Gasteiger partial charge in [-0.1, -0.05) is 54.5 Å². The summed E-state index contributed by atoms with van der Waals surface area (Å²) in [5.41, 5.74) is 6.67. The first-order chi connectivity index (χ1) is 6.39. The summed E-state index contributed by atoms with van der Waals surface area (Å²) in [5.74, 6) is 0. The van der Waals surface area contributed by atoms with Crippen LogP contribution in [0.25, 0.3) is 0 Å². The van der Waals surface area contributed by atoms with Gasteiger partial charge in [-0.2, -0.15) is 0 Å². The molecule has 16 heavy (non-hydrogen) atoms. The molecule has 2 nitrogen and oxygen atoms in total. The number of allylic oxidation sites excluding steroid dienone is 2. The molecule has 4 N–H and O–H groups in total. The lowest BCUT2D eigenvalue weighted by Crippen LogP contribution is -2.16. The summed E-state index contributed by atoms with van der Waals surface area (Å²) in [5, 5.41) is 0. The van der Waals surface area contributed by atoms with Gasteiger partial charge in [-0.15, -0.1) is 5.47 Å². The van der Waals surface area contributed by atoms with Crippen molar-refractivity contribution in [3.05, 3.63) is 11.5 Å². The van der Waals surface area contributed by atoms with Gasteiger partial charge in [0.25, 0.3) is 0 Å². The van der Waals surface area contributed by atoms with E-state index in [2.05, 4.69) is 33.8 Å². The van der Waals surface area contributed by atoms with Gasteiger partial charge in [-0.3, -0.25) is 0 Å². The van der Waals surface area contributed by atoms with E-state index in [1.54, 1.807) is 0 Å². The van der Waals surface area contributed by atoms with Crippen molar-refractivity contribution in [3.8, 4) is 0 Å². The Morgan fingerprint density at radius 1 is 1.31 bits per heavy atom. The molecule has 0 aliphatic heterocycles. The van der Waals surface area contributed by atoms with Crippen LogP contribution in [-0.2, 0) is 0 Å². The average Bonchev–Trinajstić information content (AvgIpc) is 2.02. The van der Waals surface area contributed by atoms with E-state index in [4.69, 9.17) is 13.6 Å². The lowest BCUT2D eigenvalue weighted by molar-refractivity contribution is 0.345. The third-order valence-corrected chi connectivity index (χ3v) is 1.80. The van der Waals surface area contributed by atoms with E-state index in [1.807, 2.05) is 6.92 Å². The predicted molar refractivity (Wildman–Crippen MR) is 77.9 cm³/mol. The molecule has 0 aromatic carbocycles. The Morgan fingerprint density at radius 2 is 1.69 bits per heavy atom. The number of hydrogen-bond acceptors (Lipinski definition) is 1. The highest BCUT2D eigenvalue weighted by Crippen LogP contribution is 2.24. The Hall–Kier alpha value is -0.275. The Morgan fingerprint density at radius 3 is 1.94 bits per heavy atom. The summed E-state index contributed by atoms with van der Waals surface area (Å²) in [6.45, 7) is 11.3. The fourth-order valence-electron chi connectivity index (χ4n) is 0.930. The fraction of sp³-hybridized carbons (Fsp3) is 0.846. The van der Waals surface area contributed by atoms with E-state index in [0.29, 0.717) is 5.41 Å². The summed E-state index contributed by atoms with van der Waals surface area (Å²) in [6.07, 6.45) is 5.39. The molecule has 98 valence electrons. The Labute approximate surface area is 104 Å². The zero-order valence-corrected chi connectivity index (χ0v) is 11.1. The van der Waals surface area contributed by atoms with Crippen molar-refractivity contribution >= 4 is 7.85 Å². The van der Waals surface area contributed by atoms with Crippen molar-refractivity contribution in [3.63, 3.8) is 0 Å². The molecule has 0 heterocycles. The summed E-state index contributed by atoms with van der Waals surface area (Å²) in [6, 6.07) is 0. The molecular weight excluding hydrogens is 197 g/mol. The molecule has 0 saturated carbocycles. The van der Waals surface area contributed by atoms with Crippen LogP contribution in [0.2, 0.25) is 0 Å². The molecule has 0 aromatic rings. The topological polar surface area (TPSA) is 57.5 Å². The standard InChI is InChI=1S/C9H18BN.C3H8.CH4.H2O/c1-8(10)4-5-9(2,3)6-7-11;1-3-2;;/h4H,5-7,11H2,1-3H3;3H2,1-2H3;1H4;1H2/b8-4+;;;. The van der Waals surface area contributed by atoms with Crippen LogP contribution < -0.4 is 5.73 Å². The summed E-state index contributed by atoms with van der Waals surface area (Å²) < 4.78 is 0. The van der Waals surface area contributed by atoms with Crippen LogP contribution in [0.3, 0.4) is 0 Å². The highest BCUT2D eigenvalue weighted by molar-refractivity contribution is 6.21. The first kappa shape index (κ1) is 24.8. The molecule has 0 fully saturated rings. The molecular formula is C13H32BNO. The monoisotopic (exact) mass is 229 g/mol. The maximum absolute atomic E-state index is 5.53. The van der Waals surface area contributed by atoms with Gasteiger partial charge in [0.1, 0.15) is 7.85 Å². The van der Waals surface area contributed by atoms with Crippen LogP contribution in [0.15, 0.2) is 11.5 Å². The Kier molecular flexibility index (Phi) is 22.8. The number of hydrogen-bond donors (Lipinski definition) is 1. The van der Waals surface area contributed by atoms with Crippen molar-refractivity contribution in [2.75, 3.05) is 6.54 Å². The van der Waals surface area contributed by atoms with E-state index in [0.717, 1.165) is 24.9 Å². The van der Waals surface area contributed by atoms with Crippen LogP contribution in [0.5, 0.6) is 0 Å². The van der Waals surface area contributed by atoms with E-state index in [1.165, 1.54) is 6.42 Å². The second-order valence-electron chi connectivity index (χ2n) is 4.56. The first-order valence-electron chi connectivity index (χ1n) is 5.52. The smallest absolute Gasteiger partial charge is 0.106 e. The molecule has 0 bridgehead atoms. The highest BCUT2D eigenvalue weighted by Gasteiger charge is 2.13. The fourth-order valence-corrected chi connectivity index (χ4v) is 0.930. The highest BCUT2D eigenvalue weighted by atomic mass is 16.0. The second kappa shape index (κ2) is 14.7. The SMILES string of the molecule is C.CCC.O.[B]/C(C)=C/CC(C)(C)CCN. The lowest BCUT2D eigenvalue weighted by atomic mass is 9.83. The molecule has 2 radical (unpaired) electrons. The lowest BCUT2D eigenvalue weighted by Gasteiger charge is -2.21. The largest absolute Gasteiger partial charge is 0.412 e. The second-order valence-corrected chi connectivity index (χ2v) is 4.56. The summed E-state index contributed by atoms with van der Waals surface area (Å²) >= 11 is 0. The van der Waals surface area contributed by atoms with Crippen molar-refractivity contribution in [2.45, 2.75) is 61.3 Å². The van der Waals surface area contributed by atoms with Gasteiger partial charge in [0.15, 0.2) is 0 Å². The van der Waals surface area contributed by atoms with Crippen LogP contribution in [0.4, 0.5) is 0 Å². The third kappa shape index (κ3) is 23.5. The van der Waals surface area contributed by atoms with Crippen molar-refractivity contribution < 1.29 is 5.48 Å². The molecule has 0 rings (SSSR count). The third-order valence-electron chi connectivity index (χ3n) is 1.80. The van der Waals surface area contributed by atoms with E-state index < -0.39 is 0 Å². The van der Waals surface area contributed by atoms with Crippen LogP contribution in [0.1, 0.15) is 61.3 Å². The van der Waals surface area contributed by atoms with Crippen molar-refractivity contribution in [1.82, 2.24) is 0 Å². The van der Waals surface area contributed by atoms with Crippen molar-refractivity contribution in [2.24, 2.45) is 11.1 Å². The van der Waals surface area contributed by atoms with Gasteiger partial charge < -0.3 is 11.2 Å². The van der Waals surface area contributed by atoms with E-state index in [9.17, 15) is 0 Å². The van der Waals surface area contributed by atoms with Gasteiger partial charge >= 0.3 is 0 Å². The molecule has 0 spiro atoms. The van der Waals surface area contributed by atoms with Gasteiger partial charge in [0.2, 0.25) is 0 Å². The van der Waals surface area contributed by atoms with Crippen LogP contribution in [0, 0.1) is 5.41 Å². The maximum Gasteiger partial charge on any atom is 0.106 e. The zero-order valence-electron chi connectivity index (χ0n) is 11.1. The Balaban J connectivity index is -0.000000129. The minimum absolute atomic E-state index is 0. The molecule has 0 atom stereocenters. The van der Waals surface area contributed by atoms with Gasteiger partial charge in [-0.05, 0) is 24.8 Å². The summed E-state index contributed by atoms with van der Waals surface area (Å²) in [7, 11) is 5.53. The van der Waals surface area contributed by atoms with Gasteiger partial charge in [-0.25, -0.2) is 0 Å². The van der Waals surface area contributed by atoms with E-state index >= 15 is 0 Å². The zero-order chi connectivity index (χ0) is 11.6. The molecule has 0 aromatic heterocycles. The molecule has 0 unspecified atom stereocenters. The van der Waals surface area contributed by atoms with Crippen LogP contribution in [-0.4, -0.2) is 19.9 Å². The minimum atomic E-state index is 0. The van der Waals surface area contributed by atoms with E-state index in [-0.39, 0.29) is 12.9 Å². The number of nitrogens with two attached hydrogens (primary N) is 1. The normalized spacial score (nSPS) is 10.5. The van der Waals surface area contributed by atoms with Crippen molar-refractivity contribution in [1.29, 1.82) is 0 Å². The molecule has 3 heteroatoms. The number of rotatable bonds is 4. The quantitative estimate of drug-likeness (QED) is 0.740. The maximum atomic E-state index is 5.53. The Bertz CT molecular complexity index is 152. The van der Waals surface area contributed by atoms with Crippen LogP contribution >= 0.6 is 0 Å². The van der Waals surface area contributed by atoms with Gasteiger partial charge in [0, 0.05) is 0 Å².